The first-order chi connectivity index (χ1) is 12.8. The first-order valence-corrected chi connectivity index (χ1v) is 12.3. The van der Waals surface area contributed by atoms with Gasteiger partial charge in [0.05, 0.1) is 18.4 Å². The van der Waals surface area contributed by atoms with Gasteiger partial charge in [-0.15, -0.1) is 35.3 Å². The third kappa shape index (κ3) is 7.46. The molecule has 2 heterocycles. The molecule has 1 aromatic heterocycles. The Labute approximate surface area is 190 Å². The molecule has 1 aromatic rings. The summed E-state index contributed by atoms with van der Waals surface area (Å²) in [7, 11) is -3.46. The maximum Gasteiger partial charge on any atom is 0.194 e. The van der Waals surface area contributed by atoms with Gasteiger partial charge in [0.1, 0.15) is 4.21 Å². The van der Waals surface area contributed by atoms with E-state index in [-0.39, 0.29) is 41.7 Å². The lowest BCUT2D eigenvalue weighted by molar-refractivity contribution is 0.142. The van der Waals surface area contributed by atoms with Gasteiger partial charge in [-0.25, -0.2) is 8.42 Å². The Hall–Kier alpha value is -0.390. The average Bonchev–Trinajstić information content (AvgIpc) is 3.14. The molecule has 1 saturated heterocycles. The van der Waals surface area contributed by atoms with Crippen LogP contribution in [-0.2, 0) is 9.84 Å². The van der Waals surface area contributed by atoms with Crippen molar-refractivity contribution >= 4 is 51.1 Å². The number of sulfone groups is 1. The molecule has 0 radical (unpaired) electrons. The summed E-state index contributed by atoms with van der Waals surface area (Å²) in [6, 6.07) is 3.28. The van der Waals surface area contributed by atoms with Gasteiger partial charge in [-0.2, -0.15) is 0 Å². The van der Waals surface area contributed by atoms with Crippen molar-refractivity contribution in [1.82, 2.24) is 10.2 Å². The SMILES string of the molecule is CCCC1(C)CCCN(C(=NCC(O)CS(=O)(=O)c2cccs2)NCC)C1.I. The lowest BCUT2D eigenvalue weighted by Gasteiger charge is -2.42. The lowest BCUT2D eigenvalue weighted by Crippen LogP contribution is -2.50. The van der Waals surface area contributed by atoms with Crippen molar-refractivity contribution in [3.05, 3.63) is 17.5 Å². The number of thiophene rings is 1. The number of likely N-dealkylation sites (tertiary alicyclic amines) is 1. The number of piperidine rings is 1. The summed E-state index contributed by atoms with van der Waals surface area (Å²) in [4.78, 5) is 6.80. The molecule has 1 aliphatic heterocycles. The fourth-order valence-corrected chi connectivity index (χ4v) is 6.22. The summed E-state index contributed by atoms with van der Waals surface area (Å²) in [5.41, 5.74) is 0.282. The molecule has 1 fully saturated rings. The maximum absolute atomic E-state index is 12.3. The zero-order chi connectivity index (χ0) is 19.9. The van der Waals surface area contributed by atoms with Crippen LogP contribution in [-0.4, -0.2) is 62.4 Å². The number of guanidine groups is 1. The number of aliphatic hydroxyl groups is 1. The normalized spacial score (nSPS) is 21.9. The number of hydrogen-bond donors (Lipinski definition) is 2. The van der Waals surface area contributed by atoms with Crippen LogP contribution in [0.3, 0.4) is 0 Å². The zero-order valence-electron chi connectivity index (χ0n) is 17.1. The fourth-order valence-electron chi connectivity index (χ4n) is 3.75. The summed E-state index contributed by atoms with van der Waals surface area (Å²) in [6.07, 6.45) is 3.67. The van der Waals surface area contributed by atoms with Crippen molar-refractivity contribution in [2.75, 3.05) is 31.9 Å². The molecular weight excluding hydrogens is 509 g/mol. The number of nitrogens with one attached hydrogen (secondary N) is 1. The highest BCUT2D eigenvalue weighted by atomic mass is 127. The smallest absolute Gasteiger partial charge is 0.194 e. The first kappa shape index (κ1) is 25.6. The summed E-state index contributed by atoms with van der Waals surface area (Å²) in [5.74, 6) is 0.469. The van der Waals surface area contributed by atoms with E-state index in [4.69, 9.17) is 0 Å². The van der Waals surface area contributed by atoms with Crippen LogP contribution in [0.4, 0.5) is 0 Å². The van der Waals surface area contributed by atoms with Gasteiger partial charge < -0.3 is 15.3 Å². The Morgan fingerprint density at radius 2 is 2.21 bits per heavy atom. The van der Waals surface area contributed by atoms with E-state index in [1.807, 2.05) is 6.92 Å². The van der Waals surface area contributed by atoms with E-state index in [1.54, 1.807) is 17.5 Å². The predicted octanol–water partition coefficient (Wildman–Crippen LogP) is 3.37. The fraction of sp³-hybridized carbons (Fsp3) is 0.737. The lowest BCUT2D eigenvalue weighted by atomic mass is 9.78. The molecule has 0 spiro atoms. The van der Waals surface area contributed by atoms with Crippen molar-refractivity contribution in [2.24, 2.45) is 10.4 Å². The summed E-state index contributed by atoms with van der Waals surface area (Å²) in [5, 5.41) is 15.3. The molecule has 162 valence electrons. The third-order valence-electron chi connectivity index (χ3n) is 4.93. The van der Waals surface area contributed by atoms with Gasteiger partial charge in [-0.3, -0.25) is 4.99 Å². The van der Waals surface area contributed by atoms with Crippen molar-refractivity contribution in [1.29, 1.82) is 0 Å². The highest BCUT2D eigenvalue weighted by molar-refractivity contribution is 14.0. The molecular formula is C19H34IN3O3S2. The average molecular weight is 544 g/mol. The van der Waals surface area contributed by atoms with E-state index in [1.165, 1.54) is 24.2 Å². The van der Waals surface area contributed by atoms with Crippen molar-refractivity contribution < 1.29 is 13.5 Å². The zero-order valence-corrected chi connectivity index (χ0v) is 21.0. The Morgan fingerprint density at radius 3 is 2.82 bits per heavy atom. The molecule has 6 nitrogen and oxygen atoms in total. The molecule has 0 saturated carbocycles. The Morgan fingerprint density at radius 1 is 1.46 bits per heavy atom. The molecule has 2 rings (SSSR count). The van der Waals surface area contributed by atoms with Crippen LogP contribution in [0.2, 0.25) is 0 Å². The Bertz CT molecular complexity index is 706. The standard InChI is InChI=1S/C19H33N3O3S2.HI/c1-4-9-19(3)10-7-11-22(15-19)18(20-5-2)21-13-16(23)14-27(24,25)17-8-6-12-26-17;/h6,8,12,16,23H,4-5,7,9-11,13-15H2,1-3H3,(H,20,21);1H. The second-order valence-corrected chi connectivity index (χ2v) is 10.9. The minimum atomic E-state index is -3.46. The van der Waals surface area contributed by atoms with Crippen LogP contribution in [0.5, 0.6) is 0 Å². The van der Waals surface area contributed by atoms with Crippen LogP contribution < -0.4 is 5.32 Å². The molecule has 2 N–H and O–H groups in total. The van der Waals surface area contributed by atoms with Gasteiger partial charge in [-0.1, -0.05) is 26.3 Å². The number of rotatable bonds is 8. The molecule has 2 atom stereocenters. The topological polar surface area (TPSA) is 82.0 Å². The number of hydrogen-bond acceptors (Lipinski definition) is 5. The second kappa shape index (κ2) is 11.7. The minimum absolute atomic E-state index is 0. The molecule has 0 bridgehead atoms. The Balaban J connectivity index is 0.00000392. The van der Waals surface area contributed by atoms with E-state index in [2.05, 4.69) is 29.1 Å². The number of nitrogens with zero attached hydrogens (tertiary/aromatic N) is 2. The van der Waals surface area contributed by atoms with Gasteiger partial charge in [-0.05, 0) is 43.0 Å². The van der Waals surface area contributed by atoms with Gasteiger partial charge in [0, 0.05) is 19.6 Å². The molecule has 28 heavy (non-hydrogen) atoms. The van der Waals surface area contributed by atoms with Gasteiger partial charge in [0.2, 0.25) is 0 Å². The molecule has 0 aliphatic carbocycles. The predicted molar refractivity (Wildman–Crippen MR) is 128 cm³/mol. The van der Waals surface area contributed by atoms with Crippen LogP contribution in [0, 0.1) is 5.41 Å². The van der Waals surface area contributed by atoms with E-state index >= 15 is 0 Å². The highest BCUT2D eigenvalue weighted by Crippen LogP contribution is 2.33. The number of halogens is 1. The minimum Gasteiger partial charge on any atom is -0.390 e. The van der Waals surface area contributed by atoms with E-state index in [0.717, 1.165) is 38.4 Å². The van der Waals surface area contributed by atoms with Gasteiger partial charge in [0.25, 0.3) is 0 Å². The summed E-state index contributed by atoms with van der Waals surface area (Å²) < 4.78 is 24.9. The maximum atomic E-state index is 12.3. The highest BCUT2D eigenvalue weighted by Gasteiger charge is 2.31. The van der Waals surface area contributed by atoms with Crippen molar-refractivity contribution in [2.45, 2.75) is 56.8 Å². The van der Waals surface area contributed by atoms with Crippen LogP contribution >= 0.6 is 35.3 Å². The third-order valence-corrected chi connectivity index (χ3v) is 8.22. The number of aliphatic imine (C=N–C) groups is 1. The van der Waals surface area contributed by atoms with Gasteiger partial charge in [0.15, 0.2) is 15.8 Å². The largest absolute Gasteiger partial charge is 0.390 e. The Kier molecular flexibility index (Phi) is 10.7. The molecule has 2 unspecified atom stereocenters. The van der Waals surface area contributed by atoms with Crippen molar-refractivity contribution in [3.63, 3.8) is 0 Å². The number of aliphatic hydroxyl groups excluding tert-OH is 1. The van der Waals surface area contributed by atoms with E-state index in [0.29, 0.717) is 4.21 Å². The monoisotopic (exact) mass is 543 g/mol. The summed E-state index contributed by atoms with van der Waals surface area (Å²) in [6.45, 7) is 9.26. The van der Waals surface area contributed by atoms with Gasteiger partial charge >= 0.3 is 0 Å². The van der Waals surface area contributed by atoms with Crippen LogP contribution in [0.25, 0.3) is 0 Å². The first-order valence-electron chi connectivity index (χ1n) is 9.77. The van der Waals surface area contributed by atoms with Crippen molar-refractivity contribution in [3.8, 4) is 0 Å². The van der Waals surface area contributed by atoms with E-state index < -0.39 is 15.9 Å². The molecule has 0 amide bonds. The quantitative estimate of drug-likeness (QED) is 0.299. The summed E-state index contributed by atoms with van der Waals surface area (Å²) >= 11 is 1.18. The van der Waals surface area contributed by atoms with E-state index in [9.17, 15) is 13.5 Å². The van der Waals surface area contributed by atoms with Crippen LogP contribution in [0.1, 0.15) is 46.5 Å². The molecule has 1 aliphatic rings. The second-order valence-electron chi connectivity index (χ2n) is 7.65. The van der Waals surface area contributed by atoms with Crippen LogP contribution in [0.15, 0.2) is 26.7 Å². The molecule has 9 heteroatoms. The molecule has 0 aromatic carbocycles.